The van der Waals surface area contributed by atoms with Gasteiger partial charge in [0.1, 0.15) is 5.82 Å². The highest BCUT2D eigenvalue weighted by atomic mass is 19.1. The van der Waals surface area contributed by atoms with Crippen LogP contribution in [0.3, 0.4) is 0 Å². The number of halogens is 1. The van der Waals surface area contributed by atoms with E-state index in [-0.39, 0.29) is 11.4 Å². The molecule has 0 saturated carbocycles. The van der Waals surface area contributed by atoms with E-state index in [9.17, 15) is 4.39 Å². The first-order chi connectivity index (χ1) is 7.47. The standard InChI is InChI=1S/C13H21FN2/c1-13(2,15)7-9-16-8-6-11-4-3-5-12(14)10-11/h3-5,10,16H,6-9,15H2,1-2H3. The van der Waals surface area contributed by atoms with E-state index in [0.717, 1.165) is 31.5 Å². The highest BCUT2D eigenvalue weighted by Crippen LogP contribution is 2.04. The summed E-state index contributed by atoms with van der Waals surface area (Å²) in [6.07, 6.45) is 1.79. The topological polar surface area (TPSA) is 38.0 Å². The van der Waals surface area contributed by atoms with Crippen molar-refractivity contribution >= 4 is 0 Å². The van der Waals surface area contributed by atoms with Crippen molar-refractivity contribution in [1.82, 2.24) is 5.32 Å². The van der Waals surface area contributed by atoms with E-state index in [1.54, 1.807) is 12.1 Å². The molecule has 2 nitrogen and oxygen atoms in total. The molecule has 0 fully saturated rings. The highest BCUT2D eigenvalue weighted by molar-refractivity contribution is 5.16. The zero-order valence-corrected chi connectivity index (χ0v) is 10.1. The first-order valence-electron chi connectivity index (χ1n) is 5.71. The second kappa shape index (κ2) is 5.97. The Morgan fingerprint density at radius 3 is 2.69 bits per heavy atom. The third-order valence-corrected chi connectivity index (χ3v) is 2.43. The number of nitrogens with two attached hydrogens (primary N) is 1. The Labute approximate surface area is 97.0 Å². The molecule has 0 radical (unpaired) electrons. The Kier molecular flexibility index (Phi) is 4.90. The van der Waals surface area contributed by atoms with Crippen LogP contribution < -0.4 is 11.1 Å². The molecule has 0 saturated heterocycles. The average molecular weight is 224 g/mol. The predicted octanol–water partition coefficient (Wildman–Crippen LogP) is 2.09. The van der Waals surface area contributed by atoms with Gasteiger partial charge >= 0.3 is 0 Å². The van der Waals surface area contributed by atoms with Gasteiger partial charge in [0.15, 0.2) is 0 Å². The fourth-order valence-corrected chi connectivity index (χ4v) is 1.46. The minimum Gasteiger partial charge on any atom is -0.326 e. The zero-order chi connectivity index (χ0) is 12.0. The maximum absolute atomic E-state index is 12.9. The summed E-state index contributed by atoms with van der Waals surface area (Å²) in [6.45, 7) is 5.79. The van der Waals surface area contributed by atoms with Gasteiger partial charge in [-0.2, -0.15) is 0 Å². The van der Waals surface area contributed by atoms with Gasteiger partial charge < -0.3 is 11.1 Å². The molecule has 90 valence electrons. The van der Waals surface area contributed by atoms with E-state index in [1.807, 2.05) is 19.9 Å². The number of benzene rings is 1. The van der Waals surface area contributed by atoms with Crippen LogP contribution in [0.1, 0.15) is 25.8 Å². The van der Waals surface area contributed by atoms with Crippen LogP contribution in [0.4, 0.5) is 4.39 Å². The van der Waals surface area contributed by atoms with Crippen LogP contribution in [-0.4, -0.2) is 18.6 Å². The van der Waals surface area contributed by atoms with Crippen molar-refractivity contribution in [3.63, 3.8) is 0 Å². The quantitative estimate of drug-likeness (QED) is 0.726. The van der Waals surface area contributed by atoms with E-state index >= 15 is 0 Å². The van der Waals surface area contributed by atoms with E-state index < -0.39 is 0 Å². The van der Waals surface area contributed by atoms with Crippen LogP contribution in [0.15, 0.2) is 24.3 Å². The van der Waals surface area contributed by atoms with Crippen LogP contribution in [0.25, 0.3) is 0 Å². The van der Waals surface area contributed by atoms with Crippen LogP contribution in [0, 0.1) is 5.82 Å². The van der Waals surface area contributed by atoms with Crippen molar-refractivity contribution in [2.75, 3.05) is 13.1 Å². The number of nitrogens with one attached hydrogen (secondary N) is 1. The minimum atomic E-state index is -0.166. The van der Waals surface area contributed by atoms with Crippen molar-refractivity contribution in [1.29, 1.82) is 0 Å². The normalized spacial score (nSPS) is 11.8. The average Bonchev–Trinajstić information content (AvgIpc) is 2.15. The van der Waals surface area contributed by atoms with E-state index in [4.69, 9.17) is 5.73 Å². The molecule has 3 heteroatoms. The molecule has 0 aliphatic carbocycles. The summed E-state index contributed by atoms with van der Waals surface area (Å²) in [5.41, 5.74) is 6.77. The molecule has 1 rings (SSSR count). The molecular weight excluding hydrogens is 203 g/mol. The van der Waals surface area contributed by atoms with Gasteiger partial charge in [0, 0.05) is 5.54 Å². The SMILES string of the molecule is CC(C)(N)CCNCCc1cccc(F)c1. The number of hydrogen-bond donors (Lipinski definition) is 2. The van der Waals surface area contributed by atoms with Crippen molar-refractivity contribution < 1.29 is 4.39 Å². The Bertz CT molecular complexity index is 318. The van der Waals surface area contributed by atoms with E-state index in [0.29, 0.717) is 0 Å². The number of hydrogen-bond acceptors (Lipinski definition) is 2. The highest BCUT2D eigenvalue weighted by Gasteiger charge is 2.08. The third-order valence-electron chi connectivity index (χ3n) is 2.43. The van der Waals surface area contributed by atoms with Gasteiger partial charge in [0.2, 0.25) is 0 Å². The molecule has 0 aliphatic heterocycles. The van der Waals surface area contributed by atoms with Crippen LogP contribution in [0.2, 0.25) is 0 Å². The summed E-state index contributed by atoms with van der Waals surface area (Å²) in [6, 6.07) is 6.73. The molecule has 3 N–H and O–H groups in total. The van der Waals surface area contributed by atoms with Gasteiger partial charge in [0.05, 0.1) is 0 Å². The molecule has 0 heterocycles. The monoisotopic (exact) mass is 224 g/mol. The van der Waals surface area contributed by atoms with Gasteiger partial charge in [-0.1, -0.05) is 12.1 Å². The van der Waals surface area contributed by atoms with Crippen LogP contribution >= 0.6 is 0 Å². The lowest BCUT2D eigenvalue weighted by molar-refractivity contribution is 0.456. The predicted molar refractivity (Wildman–Crippen MR) is 65.9 cm³/mol. The summed E-state index contributed by atoms with van der Waals surface area (Å²) in [5, 5.41) is 3.31. The maximum Gasteiger partial charge on any atom is 0.123 e. The molecule has 0 unspecified atom stereocenters. The zero-order valence-electron chi connectivity index (χ0n) is 10.1. The van der Waals surface area contributed by atoms with Crippen LogP contribution in [-0.2, 0) is 6.42 Å². The second-order valence-electron chi connectivity index (χ2n) is 4.87. The van der Waals surface area contributed by atoms with Gasteiger partial charge in [0.25, 0.3) is 0 Å². The lowest BCUT2D eigenvalue weighted by Gasteiger charge is -2.18. The van der Waals surface area contributed by atoms with Gasteiger partial charge in [-0.3, -0.25) is 0 Å². The Balaban J connectivity index is 2.17. The lowest BCUT2D eigenvalue weighted by Crippen LogP contribution is -2.36. The van der Waals surface area contributed by atoms with E-state index in [1.165, 1.54) is 6.07 Å². The fourth-order valence-electron chi connectivity index (χ4n) is 1.46. The Morgan fingerprint density at radius 1 is 1.31 bits per heavy atom. The van der Waals surface area contributed by atoms with Crippen molar-refractivity contribution in [2.45, 2.75) is 32.2 Å². The van der Waals surface area contributed by atoms with Gasteiger partial charge in [-0.25, -0.2) is 4.39 Å². The Morgan fingerprint density at radius 2 is 2.06 bits per heavy atom. The van der Waals surface area contributed by atoms with Gasteiger partial charge in [-0.05, 0) is 57.5 Å². The smallest absolute Gasteiger partial charge is 0.123 e. The molecule has 16 heavy (non-hydrogen) atoms. The summed E-state index contributed by atoms with van der Waals surface area (Å²) in [4.78, 5) is 0. The van der Waals surface area contributed by atoms with E-state index in [2.05, 4.69) is 5.32 Å². The fraction of sp³-hybridized carbons (Fsp3) is 0.538. The summed E-state index contributed by atoms with van der Waals surface area (Å²) < 4.78 is 12.9. The summed E-state index contributed by atoms with van der Waals surface area (Å²) in [7, 11) is 0. The van der Waals surface area contributed by atoms with Crippen LogP contribution in [0.5, 0.6) is 0 Å². The summed E-state index contributed by atoms with van der Waals surface area (Å²) >= 11 is 0. The minimum absolute atomic E-state index is 0.119. The first kappa shape index (κ1) is 13.1. The molecule has 0 atom stereocenters. The molecule has 0 aliphatic rings. The molecular formula is C13H21FN2. The molecule has 1 aromatic rings. The molecule has 0 spiro atoms. The second-order valence-corrected chi connectivity index (χ2v) is 4.87. The molecule has 0 bridgehead atoms. The lowest BCUT2D eigenvalue weighted by atomic mass is 10.0. The molecule has 0 aromatic heterocycles. The largest absolute Gasteiger partial charge is 0.326 e. The molecule has 0 amide bonds. The van der Waals surface area contributed by atoms with Crippen molar-refractivity contribution in [3.8, 4) is 0 Å². The molecule has 1 aromatic carbocycles. The maximum atomic E-state index is 12.9. The first-order valence-corrected chi connectivity index (χ1v) is 5.71. The van der Waals surface area contributed by atoms with Crippen molar-refractivity contribution in [2.24, 2.45) is 5.73 Å². The Hall–Kier alpha value is -0.930. The van der Waals surface area contributed by atoms with Gasteiger partial charge in [-0.15, -0.1) is 0 Å². The third kappa shape index (κ3) is 5.83. The number of rotatable bonds is 6. The van der Waals surface area contributed by atoms with Crippen molar-refractivity contribution in [3.05, 3.63) is 35.6 Å². The summed E-state index contributed by atoms with van der Waals surface area (Å²) in [5.74, 6) is -0.166.